The molecule has 1 unspecified atom stereocenters. The molecule has 9 heteroatoms. The third-order valence-electron chi connectivity index (χ3n) is 5.36. The van der Waals surface area contributed by atoms with Gasteiger partial charge in [-0.05, 0) is 25.5 Å². The van der Waals surface area contributed by atoms with E-state index in [-0.39, 0.29) is 30.1 Å². The first-order valence-corrected chi connectivity index (χ1v) is 10.1. The van der Waals surface area contributed by atoms with Gasteiger partial charge in [-0.15, -0.1) is 24.0 Å². The van der Waals surface area contributed by atoms with Gasteiger partial charge in [-0.3, -0.25) is 9.67 Å². The first-order valence-electron chi connectivity index (χ1n) is 10.1. The summed E-state index contributed by atoms with van der Waals surface area (Å²) >= 11 is 0. The second-order valence-electron chi connectivity index (χ2n) is 7.38. The molecule has 3 heterocycles. The van der Waals surface area contributed by atoms with Crippen molar-refractivity contribution in [1.29, 1.82) is 0 Å². The smallest absolute Gasteiger partial charge is 0.193 e. The van der Waals surface area contributed by atoms with Crippen LogP contribution in [0.5, 0.6) is 0 Å². The SMILES string of the molecule is CN=C(NCCCn1c(C)nc2ccccc21)N1CCOC(c2cnn(C)c2)C1.I. The summed E-state index contributed by atoms with van der Waals surface area (Å²) in [6.07, 6.45) is 4.91. The Kier molecular flexibility index (Phi) is 7.70. The molecule has 3 aromatic rings. The Balaban J connectivity index is 0.00000256. The van der Waals surface area contributed by atoms with Crippen LogP contribution in [0.3, 0.4) is 0 Å². The monoisotopic (exact) mass is 523 g/mol. The van der Waals surface area contributed by atoms with E-state index < -0.39 is 0 Å². The molecule has 30 heavy (non-hydrogen) atoms. The maximum atomic E-state index is 5.94. The molecule has 1 aromatic carbocycles. The molecule has 0 spiro atoms. The van der Waals surface area contributed by atoms with Gasteiger partial charge in [0.15, 0.2) is 5.96 Å². The van der Waals surface area contributed by atoms with Crippen LogP contribution in [-0.4, -0.2) is 63.5 Å². The molecule has 0 amide bonds. The quantitative estimate of drug-likeness (QED) is 0.241. The van der Waals surface area contributed by atoms with Gasteiger partial charge in [-0.1, -0.05) is 12.1 Å². The predicted molar refractivity (Wildman–Crippen MR) is 129 cm³/mol. The molecule has 162 valence electrons. The molecule has 1 fully saturated rings. The lowest BCUT2D eigenvalue weighted by molar-refractivity contribution is -0.00802. The molecule has 4 rings (SSSR count). The number of hydrogen-bond acceptors (Lipinski definition) is 4. The average molecular weight is 523 g/mol. The van der Waals surface area contributed by atoms with Crippen molar-refractivity contribution in [3.05, 3.63) is 48.0 Å². The highest BCUT2D eigenvalue weighted by Gasteiger charge is 2.25. The number of halogens is 1. The van der Waals surface area contributed by atoms with Gasteiger partial charge in [0.2, 0.25) is 0 Å². The fraction of sp³-hybridized carbons (Fsp3) is 0.476. The number of rotatable bonds is 5. The standard InChI is InChI=1S/C21H29N7O.HI/c1-16-25-18-7-4-5-8-19(18)28(16)10-6-9-23-21(22-2)27-11-12-29-20(15-27)17-13-24-26(3)14-17;/h4-5,7-8,13-14,20H,6,9-12,15H2,1-3H3,(H,22,23);1H. The van der Waals surface area contributed by atoms with Crippen LogP contribution in [0.2, 0.25) is 0 Å². The summed E-state index contributed by atoms with van der Waals surface area (Å²) in [6, 6.07) is 8.30. The third kappa shape index (κ3) is 4.94. The van der Waals surface area contributed by atoms with Gasteiger partial charge in [-0.2, -0.15) is 5.10 Å². The van der Waals surface area contributed by atoms with Crippen LogP contribution < -0.4 is 5.32 Å². The molecular weight excluding hydrogens is 493 g/mol. The summed E-state index contributed by atoms with van der Waals surface area (Å²) < 4.78 is 10.0. The Hall–Kier alpha value is -2.14. The molecule has 0 aliphatic carbocycles. The second kappa shape index (κ2) is 10.3. The van der Waals surface area contributed by atoms with Crippen LogP contribution in [0.4, 0.5) is 0 Å². The highest BCUT2D eigenvalue weighted by atomic mass is 127. The molecular formula is C21H30IN7O. The van der Waals surface area contributed by atoms with Crippen molar-refractivity contribution in [1.82, 2.24) is 29.5 Å². The maximum Gasteiger partial charge on any atom is 0.193 e. The predicted octanol–water partition coefficient (Wildman–Crippen LogP) is 2.74. The number of nitrogens with zero attached hydrogens (tertiary/aromatic N) is 6. The average Bonchev–Trinajstić information content (AvgIpc) is 3.31. The van der Waals surface area contributed by atoms with Crippen LogP contribution in [0.1, 0.15) is 23.9 Å². The lowest BCUT2D eigenvalue weighted by Crippen LogP contribution is -2.48. The minimum atomic E-state index is 0. The summed E-state index contributed by atoms with van der Waals surface area (Å²) in [5, 5.41) is 7.77. The number of fused-ring (bicyclic) bond motifs is 1. The minimum Gasteiger partial charge on any atom is -0.370 e. The fourth-order valence-electron chi connectivity index (χ4n) is 3.90. The van der Waals surface area contributed by atoms with E-state index in [9.17, 15) is 0 Å². The number of para-hydroxylation sites is 2. The molecule has 2 aromatic heterocycles. The number of aliphatic imine (C=N–C) groups is 1. The fourth-order valence-corrected chi connectivity index (χ4v) is 3.90. The summed E-state index contributed by atoms with van der Waals surface area (Å²) in [4.78, 5) is 11.4. The van der Waals surface area contributed by atoms with Crippen LogP contribution >= 0.6 is 24.0 Å². The molecule has 8 nitrogen and oxygen atoms in total. The summed E-state index contributed by atoms with van der Waals surface area (Å²) in [7, 11) is 3.76. The van der Waals surface area contributed by atoms with Crippen LogP contribution in [0.15, 0.2) is 41.7 Å². The maximum absolute atomic E-state index is 5.94. The molecule has 1 atom stereocenters. The number of imidazole rings is 1. The van der Waals surface area contributed by atoms with E-state index in [0.29, 0.717) is 6.61 Å². The van der Waals surface area contributed by atoms with Crippen molar-refractivity contribution in [2.75, 3.05) is 33.3 Å². The van der Waals surface area contributed by atoms with Crippen molar-refractivity contribution in [3.63, 3.8) is 0 Å². The topological polar surface area (TPSA) is 72.5 Å². The number of ether oxygens (including phenoxy) is 1. The zero-order chi connectivity index (χ0) is 20.2. The van der Waals surface area contributed by atoms with Gasteiger partial charge in [0.1, 0.15) is 11.9 Å². The van der Waals surface area contributed by atoms with E-state index in [4.69, 9.17) is 4.74 Å². The van der Waals surface area contributed by atoms with Crippen molar-refractivity contribution in [2.24, 2.45) is 12.0 Å². The minimum absolute atomic E-state index is 0. The number of morpholine rings is 1. The van der Waals surface area contributed by atoms with Gasteiger partial charge in [-0.25, -0.2) is 4.98 Å². The van der Waals surface area contributed by atoms with Gasteiger partial charge >= 0.3 is 0 Å². The molecule has 1 N–H and O–H groups in total. The van der Waals surface area contributed by atoms with E-state index >= 15 is 0 Å². The van der Waals surface area contributed by atoms with Gasteiger partial charge in [0.25, 0.3) is 0 Å². The zero-order valence-electron chi connectivity index (χ0n) is 17.8. The van der Waals surface area contributed by atoms with E-state index in [1.54, 1.807) is 0 Å². The Bertz CT molecular complexity index is 996. The zero-order valence-corrected chi connectivity index (χ0v) is 20.1. The normalized spacial score (nSPS) is 17.2. The Morgan fingerprint density at radius 3 is 2.93 bits per heavy atom. The largest absolute Gasteiger partial charge is 0.370 e. The van der Waals surface area contributed by atoms with Crippen molar-refractivity contribution in [2.45, 2.75) is 26.0 Å². The number of nitrogens with one attached hydrogen (secondary N) is 1. The highest BCUT2D eigenvalue weighted by Crippen LogP contribution is 2.21. The Morgan fingerprint density at radius 1 is 1.33 bits per heavy atom. The second-order valence-corrected chi connectivity index (χ2v) is 7.38. The van der Waals surface area contributed by atoms with Crippen LogP contribution in [0.25, 0.3) is 11.0 Å². The van der Waals surface area contributed by atoms with E-state index in [1.165, 1.54) is 5.52 Å². The number of aromatic nitrogens is 4. The summed E-state index contributed by atoms with van der Waals surface area (Å²) in [5.41, 5.74) is 3.36. The van der Waals surface area contributed by atoms with Crippen molar-refractivity contribution < 1.29 is 4.74 Å². The number of benzene rings is 1. The molecule has 0 radical (unpaired) electrons. The molecule has 1 aliphatic rings. The van der Waals surface area contributed by atoms with Gasteiger partial charge in [0.05, 0.1) is 30.4 Å². The van der Waals surface area contributed by atoms with Crippen LogP contribution in [-0.2, 0) is 18.3 Å². The van der Waals surface area contributed by atoms with Crippen LogP contribution in [0, 0.1) is 6.92 Å². The van der Waals surface area contributed by atoms with Crippen molar-refractivity contribution in [3.8, 4) is 0 Å². The Morgan fingerprint density at radius 2 is 2.17 bits per heavy atom. The number of aryl methyl sites for hydroxylation is 3. The first-order chi connectivity index (χ1) is 14.2. The lowest BCUT2D eigenvalue weighted by Gasteiger charge is -2.34. The Labute approximate surface area is 194 Å². The highest BCUT2D eigenvalue weighted by molar-refractivity contribution is 14.0. The summed E-state index contributed by atoms with van der Waals surface area (Å²) in [6.45, 7) is 6.14. The van der Waals surface area contributed by atoms with E-state index in [1.807, 2.05) is 37.2 Å². The molecule has 1 aliphatic heterocycles. The van der Waals surface area contributed by atoms with E-state index in [0.717, 1.165) is 55.5 Å². The van der Waals surface area contributed by atoms with E-state index in [2.05, 4.69) is 55.0 Å². The van der Waals surface area contributed by atoms with Gasteiger partial charge < -0.3 is 19.5 Å². The number of guanidine groups is 1. The molecule has 0 bridgehead atoms. The number of hydrogen-bond donors (Lipinski definition) is 1. The third-order valence-corrected chi connectivity index (χ3v) is 5.36. The van der Waals surface area contributed by atoms with Gasteiger partial charge in [0, 0.05) is 45.5 Å². The molecule has 0 saturated carbocycles. The molecule has 1 saturated heterocycles. The summed E-state index contributed by atoms with van der Waals surface area (Å²) in [5.74, 6) is 1.98. The first kappa shape index (κ1) is 22.5. The lowest BCUT2D eigenvalue weighted by atomic mass is 10.1. The van der Waals surface area contributed by atoms with Crippen molar-refractivity contribution >= 4 is 41.0 Å².